The van der Waals surface area contributed by atoms with Crippen LogP contribution in [0.3, 0.4) is 0 Å². The van der Waals surface area contributed by atoms with Crippen molar-refractivity contribution in [3.63, 3.8) is 0 Å². The highest BCUT2D eigenvalue weighted by Gasteiger charge is 2.43. The number of fused-ring (bicyclic) bond motifs is 2. The number of methoxy groups -OCH3 is 1. The number of Topliss-reactive ketones (excluding diaryl/α,β-unsaturated/α-hetero) is 1. The van der Waals surface area contributed by atoms with E-state index in [2.05, 4.69) is 43.8 Å². The summed E-state index contributed by atoms with van der Waals surface area (Å²) in [6.07, 6.45) is 0. The molecule has 0 spiro atoms. The highest BCUT2D eigenvalue weighted by molar-refractivity contribution is 14.1. The Morgan fingerprint density at radius 3 is 2.57 bits per heavy atom. The minimum Gasteiger partial charge on any atom is -0.492 e. The first-order valence-electron chi connectivity index (χ1n) is 9.45. The molecule has 1 N–H and O–H groups in total. The number of ether oxygens (including phenoxy) is 2. The summed E-state index contributed by atoms with van der Waals surface area (Å²) in [5.74, 6) is -0.340. The van der Waals surface area contributed by atoms with E-state index < -0.39 is 11.9 Å². The Bertz CT molecular complexity index is 1130. The van der Waals surface area contributed by atoms with Gasteiger partial charge in [-0.3, -0.25) is 4.79 Å². The van der Waals surface area contributed by atoms with Gasteiger partial charge in [-0.05, 0) is 70.1 Å². The molecule has 1 heterocycles. The zero-order valence-corrected chi connectivity index (χ0v) is 20.4. The number of carbonyl (C=O) groups is 2. The van der Waals surface area contributed by atoms with E-state index in [1.807, 2.05) is 50.2 Å². The predicted molar refractivity (Wildman–Crippen MR) is 126 cm³/mol. The molecular formula is C23H19BrINO4. The van der Waals surface area contributed by atoms with Crippen LogP contribution >= 0.6 is 38.5 Å². The number of carbonyl (C=O) groups excluding carboxylic acids is 2. The van der Waals surface area contributed by atoms with Gasteiger partial charge in [-0.25, -0.2) is 4.79 Å². The van der Waals surface area contributed by atoms with Gasteiger partial charge in [0.15, 0.2) is 5.78 Å². The van der Waals surface area contributed by atoms with Crippen molar-refractivity contribution in [2.45, 2.75) is 19.8 Å². The number of nitrogens with one attached hydrogen (secondary N) is 1. The third-order valence-corrected chi connectivity index (χ3v) is 6.69. The van der Waals surface area contributed by atoms with E-state index in [0.29, 0.717) is 29.0 Å². The van der Waals surface area contributed by atoms with Gasteiger partial charge in [-0.2, -0.15) is 0 Å². The van der Waals surface area contributed by atoms with Crippen LogP contribution in [-0.2, 0) is 9.53 Å². The normalized spacial score (nSPS) is 17.5. The molecule has 0 radical (unpaired) electrons. The van der Waals surface area contributed by atoms with Crippen molar-refractivity contribution >= 4 is 56.0 Å². The smallest absolute Gasteiger partial charge is 0.336 e. The molecule has 0 saturated carbocycles. The molecule has 0 aromatic heterocycles. The lowest BCUT2D eigenvalue weighted by molar-refractivity contribution is -0.136. The van der Waals surface area contributed by atoms with E-state index in [4.69, 9.17) is 9.47 Å². The van der Waals surface area contributed by atoms with Crippen LogP contribution < -0.4 is 10.1 Å². The number of halogens is 2. The summed E-state index contributed by atoms with van der Waals surface area (Å²) >= 11 is 5.80. The van der Waals surface area contributed by atoms with Crippen molar-refractivity contribution in [3.8, 4) is 5.75 Å². The standard InChI is InChI=1S/C23H19BrINO4/c1-4-30-22-15(24)9-12(10-16(22)25)18-17(23(28)29-3)11(2)26-20-13-7-5-6-8-14(13)21(27)19(18)20/h5-10,18,26H,4H2,1-3H3/t18-/m0/s1. The van der Waals surface area contributed by atoms with Gasteiger partial charge in [0, 0.05) is 28.3 Å². The fraction of sp³-hybridized carbons (Fsp3) is 0.217. The second-order valence-corrected chi connectivity index (χ2v) is 9.01. The van der Waals surface area contributed by atoms with Gasteiger partial charge in [0.05, 0.1) is 33.0 Å². The van der Waals surface area contributed by atoms with Crippen LogP contribution in [0, 0.1) is 3.57 Å². The lowest BCUT2D eigenvalue weighted by Gasteiger charge is -2.29. The van der Waals surface area contributed by atoms with Crippen molar-refractivity contribution in [2.24, 2.45) is 0 Å². The number of hydrogen-bond acceptors (Lipinski definition) is 5. The molecule has 4 rings (SSSR count). The van der Waals surface area contributed by atoms with Crippen molar-refractivity contribution in [1.82, 2.24) is 5.32 Å². The quantitative estimate of drug-likeness (QED) is 0.399. The summed E-state index contributed by atoms with van der Waals surface area (Å²) < 4.78 is 12.5. The SMILES string of the molecule is CCOc1c(Br)cc([C@H]2C(C(=O)OC)=C(C)NC3=C2C(=O)c2ccccc23)cc1I. The third kappa shape index (κ3) is 3.28. The Labute approximate surface area is 196 Å². The summed E-state index contributed by atoms with van der Waals surface area (Å²) in [5.41, 5.74) is 4.74. The summed E-state index contributed by atoms with van der Waals surface area (Å²) in [4.78, 5) is 26.2. The fourth-order valence-electron chi connectivity index (χ4n) is 4.07. The number of dihydropyridines is 1. The van der Waals surface area contributed by atoms with Crippen molar-refractivity contribution in [1.29, 1.82) is 0 Å². The van der Waals surface area contributed by atoms with Gasteiger partial charge >= 0.3 is 5.97 Å². The van der Waals surface area contributed by atoms with Crippen LogP contribution in [0.4, 0.5) is 0 Å². The lowest BCUT2D eigenvalue weighted by Crippen LogP contribution is -2.29. The summed E-state index contributed by atoms with van der Waals surface area (Å²) in [7, 11) is 1.35. The first kappa shape index (κ1) is 21.1. The van der Waals surface area contributed by atoms with Gasteiger partial charge in [0.25, 0.3) is 0 Å². The maximum atomic E-state index is 13.4. The van der Waals surface area contributed by atoms with E-state index in [-0.39, 0.29) is 5.78 Å². The lowest BCUT2D eigenvalue weighted by atomic mass is 9.80. The minimum absolute atomic E-state index is 0.0768. The van der Waals surface area contributed by atoms with Crippen LogP contribution in [0.2, 0.25) is 0 Å². The summed E-state index contributed by atoms with van der Waals surface area (Å²) in [5, 5.41) is 3.29. The molecule has 1 aliphatic heterocycles. The molecule has 0 unspecified atom stereocenters. The van der Waals surface area contributed by atoms with Gasteiger partial charge in [0.1, 0.15) is 5.75 Å². The minimum atomic E-state index is -0.547. The zero-order chi connectivity index (χ0) is 21.6. The molecule has 0 amide bonds. The molecule has 154 valence electrons. The Balaban J connectivity index is 1.95. The Hall–Kier alpha value is -2.13. The molecular weight excluding hydrogens is 561 g/mol. The van der Waals surface area contributed by atoms with Crippen LogP contribution in [0.25, 0.3) is 5.70 Å². The molecule has 5 nitrogen and oxygen atoms in total. The molecule has 2 aromatic rings. The van der Waals surface area contributed by atoms with Gasteiger partial charge in [-0.15, -0.1) is 0 Å². The molecule has 0 saturated heterocycles. The first-order valence-corrected chi connectivity index (χ1v) is 11.3. The van der Waals surface area contributed by atoms with Gasteiger partial charge < -0.3 is 14.8 Å². The Morgan fingerprint density at radius 2 is 1.93 bits per heavy atom. The van der Waals surface area contributed by atoms with E-state index in [1.54, 1.807) is 0 Å². The predicted octanol–water partition coefficient (Wildman–Crippen LogP) is 5.19. The van der Waals surface area contributed by atoms with Crippen LogP contribution in [0.15, 0.2) is 57.7 Å². The number of ketones is 1. The number of benzene rings is 2. The Morgan fingerprint density at radius 1 is 1.23 bits per heavy atom. The fourth-order valence-corrected chi connectivity index (χ4v) is 5.84. The topological polar surface area (TPSA) is 64.6 Å². The van der Waals surface area contributed by atoms with E-state index in [9.17, 15) is 9.59 Å². The third-order valence-electron chi connectivity index (χ3n) is 5.30. The average Bonchev–Trinajstić information content (AvgIpc) is 3.01. The molecule has 1 aliphatic carbocycles. The number of allylic oxidation sites excluding steroid dienone is 2. The molecule has 0 fully saturated rings. The molecule has 7 heteroatoms. The summed E-state index contributed by atoms with van der Waals surface area (Å²) in [6, 6.07) is 11.4. The average molecular weight is 580 g/mol. The number of esters is 1. The molecule has 30 heavy (non-hydrogen) atoms. The molecule has 2 aliphatic rings. The van der Waals surface area contributed by atoms with Crippen molar-refractivity contribution < 1.29 is 19.1 Å². The van der Waals surface area contributed by atoms with Gasteiger partial charge in [-0.1, -0.05) is 24.3 Å². The monoisotopic (exact) mass is 579 g/mol. The highest BCUT2D eigenvalue weighted by Crippen LogP contribution is 2.48. The second-order valence-electron chi connectivity index (χ2n) is 7.00. The maximum Gasteiger partial charge on any atom is 0.336 e. The van der Waals surface area contributed by atoms with Crippen molar-refractivity contribution in [2.75, 3.05) is 13.7 Å². The highest BCUT2D eigenvalue weighted by atomic mass is 127. The summed E-state index contributed by atoms with van der Waals surface area (Å²) in [6.45, 7) is 4.30. The van der Waals surface area contributed by atoms with Crippen LogP contribution in [-0.4, -0.2) is 25.5 Å². The number of rotatable bonds is 4. The van der Waals surface area contributed by atoms with Gasteiger partial charge in [0.2, 0.25) is 0 Å². The van der Waals surface area contributed by atoms with E-state index >= 15 is 0 Å². The van der Waals surface area contributed by atoms with Crippen LogP contribution in [0.1, 0.15) is 41.3 Å². The molecule has 0 bridgehead atoms. The second kappa shape index (κ2) is 8.19. The largest absolute Gasteiger partial charge is 0.492 e. The van der Waals surface area contributed by atoms with E-state index in [1.165, 1.54) is 7.11 Å². The maximum absolute atomic E-state index is 13.4. The van der Waals surface area contributed by atoms with Crippen molar-refractivity contribution in [3.05, 3.63) is 78.0 Å². The Kier molecular flexibility index (Phi) is 5.76. The zero-order valence-electron chi connectivity index (χ0n) is 16.6. The van der Waals surface area contributed by atoms with E-state index in [0.717, 1.165) is 30.6 Å². The first-order chi connectivity index (χ1) is 14.4. The molecule has 2 aromatic carbocycles. The van der Waals surface area contributed by atoms with Crippen LogP contribution in [0.5, 0.6) is 5.75 Å². The number of hydrogen-bond donors (Lipinski definition) is 1. The molecule has 1 atom stereocenters.